The third-order valence-electron chi connectivity index (χ3n) is 4.85. The van der Waals surface area contributed by atoms with Gasteiger partial charge in [0.2, 0.25) is 0 Å². The van der Waals surface area contributed by atoms with E-state index in [1.165, 1.54) is 51.8 Å². The first kappa shape index (κ1) is 20.7. The fourth-order valence-corrected chi connectivity index (χ4v) is 16.0. The summed E-state index contributed by atoms with van der Waals surface area (Å²) in [5.74, 6) is 0. The van der Waals surface area contributed by atoms with Gasteiger partial charge >= 0.3 is 147 Å². The Bertz CT molecular complexity index is 372. The van der Waals surface area contributed by atoms with E-state index in [-0.39, 0.29) is 6.09 Å². The molecular weight excluding hydrogens is 393 g/mol. The monoisotopic (exact) mass is 429 g/mol. The van der Waals surface area contributed by atoms with E-state index in [0.717, 1.165) is 25.9 Å². The second-order valence-corrected chi connectivity index (χ2v) is 19.2. The number of rotatable bonds is 9. The maximum absolute atomic E-state index is 12.0. The Morgan fingerprint density at radius 2 is 1.43 bits per heavy atom. The van der Waals surface area contributed by atoms with Crippen molar-refractivity contribution in [2.75, 3.05) is 13.1 Å². The normalized spacial score (nSPS) is 14.5. The van der Waals surface area contributed by atoms with Gasteiger partial charge in [0.1, 0.15) is 0 Å². The standard InChI is InChI=1S/C7H8NO2.3C4H9.Sn/c1-2-10-7(9)8-5-3-4-6-8;3*1-3-4-2;/h3-6H2;3*1,3-4H2,2H3;. The van der Waals surface area contributed by atoms with E-state index in [2.05, 4.69) is 30.8 Å². The molecule has 1 saturated heterocycles. The molecule has 1 amide bonds. The zero-order chi connectivity index (χ0) is 17.0. The van der Waals surface area contributed by atoms with Gasteiger partial charge in [-0.05, 0) is 0 Å². The Kier molecular flexibility index (Phi) is 10.8. The van der Waals surface area contributed by atoms with Crippen LogP contribution in [0.15, 0.2) is 0 Å². The molecule has 0 aliphatic carbocycles. The maximum atomic E-state index is 12.0. The van der Waals surface area contributed by atoms with Crippen molar-refractivity contribution in [3.63, 3.8) is 0 Å². The number of hydrogen-bond donors (Lipinski definition) is 0. The Labute approximate surface area is 147 Å². The van der Waals surface area contributed by atoms with E-state index >= 15 is 0 Å². The van der Waals surface area contributed by atoms with Crippen LogP contribution in [0.2, 0.25) is 13.3 Å². The van der Waals surface area contributed by atoms with Crippen LogP contribution in [0.5, 0.6) is 0 Å². The first-order chi connectivity index (χ1) is 11.2. The number of unbranched alkanes of at least 4 members (excludes halogenated alkanes) is 3. The van der Waals surface area contributed by atoms with Gasteiger partial charge < -0.3 is 0 Å². The van der Waals surface area contributed by atoms with Gasteiger partial charge in [0.25, 0.3) is 0 Å². The molecule has 1 fully saturated rings. The van der Waals surface area contributed by atoms with Crippen LogP contribution in [0.25, 0.3) is 0 Å². The third-order valence-corrected chi connectivity index (χ3v) is 17.9. The van der Waals surface area contributed by atoms with Crippen LogP contribution < -0.4 is 0 Å². The van der Waals surface area contributed by atoms with Gasteiger partial charge in [-0.15, -0.1) is 0 Å². The number of carbonyl (C=O) groups excluding carboxylic acids is 1. The summed E-state index contributed by atoms with van der Waals surface area (Å²) < 4.78 is 12.9. The topological polar surface area (TPSA) is 29.5 Å². The molecule has 132 valence electrons. The van der Waals surface area contributed by atoms with Crippen molar-refractivity contribution in [3.05, 3.63) is 0 Å². The summed E-state index contributed by atoms with van der Waals surface area (Å²) in [5, 5.41) is 0. The van der Waals surface area contributed by atoms with Gasteiger partial charge in [-0.25, -0.2) is 0 Å². The fourth-order valence-electron chi connectivity index (χ4n) is 3.25. The van der Waals surface area contributed by atoms with E-state index in [1.54, 1.807) is 4.90 Å². The molecule has 1 heterocycles. The quantitative estimate of drug-likeness (QED) is 0.355. The molecule has 0 atom stereocenters. The summed E-state index contributed by atoms with van der Waals surface area (Å²) >= 11 is -2.47. The molecule has 0 unspecified atom stereocenters. The molecule has 1 aliphatic rings. The fraction of sp³-hybridized carbons (Fsp3) is 0.842. The van der Waals surface area contributed by atoms with E-state index in [4.69, 9.17) is 4.74 Å². The number of nitrogens with zero attached hydrogens (tertiary/aromatic N) is 1. The van der Waals surface area contributed by atoms with Gasteiger partial charge in [0.05, 0.1) is 0 Å². The Morgan fingerprint density at radius 3 is 1.87 bits per heavy atom. The van der Waals surface area contributed by atoms with Crippen molar-refractivity contribution in [1.82, 2.24) is 4.90 Å². The molecule has 4 heteroatoms. The molecule has 0 saturated carbocycles. The molecule has 0 radical (unpaired) electrons. The molecule has 0 bridgehead atoms. The Morgan fingerprint density at radius 1 is 0.957 bits per heavy atom. The predicted octanol–water partition coefficient (Wildman–Crippen LogP) is 5.57. The van der Waals surface area contributed by atoms with Crippen LogP contribution in [-0.4, -0.2) is 42.5 Å². The number of ether oxygens (including phenoxy) is 1. The number of carbonyl (C=O) groups is 1. The molecule has 1 rings (SSSR count). The van der Waals surface area contributed by atoms with Gasteiger partial charge in [-0.1, -0.05) is 0 Å². The molecule has 0 N–H and O–H groups in total. The molecule has 0 aromatic heterocycles. The molecule has 0 spiro atoms. The van der Waals surface area contributed by atoms with Gasteiger partial charge in [0.15, 0.2) is 0 Å². The summed E-state index contributed by atoms with van der Waals surface area (Å²) in [6.45, 7) is 8.44. The summed E-state index contributed by atoms with van der Waals surface area (Å²) in [4.78, 5) is 13.8. The molecular formula is C19H35NO2Sn. The zero-order valence-corrected chi connectivity index (χ0v) is 18.3. The van der Waals surface area contributed by atoms with Crippen molar-refractivity contribution < 1.29 is 9.53 Å². The van der Waals surface area contributed by atoms with Crippen molar-refractivity contribution in [2.24, 2.45) is 0 Å². The first-order valence-electron chi connectivity index (χ1n) is 9.65. The average Bonchev–Trinajstić information content (AvgIpc) is 3.10. The van der Waals surface area contributed by atoms with Crippen molar-refractivity contribution in [3.8, 4) is 10.0 Å². The minimum absolute atomic E-state index is 0.225. The second kappa shape index (κ2) is 12.1. The first-order valence-corrected chi connectivity index (χ1v) is 17.1. The molecule has 0 aromatic carbocycles. The van der Waals surface area contributed by atoms with Gasteiger partial charge in [-0.3, -0.25) is 0 Å². The van der Waals surface area contributed by atoms with Gasteiger partial charge in [-0.2, -0.15) is 0 Å². The van der Waals surface area contributed by atoms with Crippen LogP contribution in [0.3, 0.4) is 0 Å². The van der Waals surface area contributed by atoms with Crippen molar-refractivity contribution in [1.29, 1.82) is 0 Å². The number of amides is 1. The second-order valence-electron chi connectivity index (χ2n) is 6.88. The van der Waals surface area contributed by atoms with Crippen LogP contribution in [0.4, 0.5) is 4.79 Å². The number of likely N-dealkylation sites (tertiary alicyclic amines) is 1. The van der Waals surface area contributed by atoms with Crippen LogP contribution in [0, 0.1) is 10.0 Å². The Hall–Kier alpha value is -0.371. The molecule has 1 aliphatic heterocycles. The number of hydrogen-bond acceptors (Lipinski definition) is 2. The molecule has 0 aromatic rings. The van der Waals surface area contributed by atoms with Crippen LogP contribution in [0.1, 0.15) is 72.1 Å². The van der Waals surface area contributed by atoms with Crippen LogP contribution in [-0.2, 0) is 4.74 Å². The van der Waals surface area contributed by atoms with Crippen LogP contribution >= 0.6 is 0 Å². The van der Waals surface area contributed by atoms with E-state index in [0.29, 0.717) is 0 Å². The van der Waals surface area contributed by atoms with Crippen molar-refractivity contribution in [2.45, 2.75) is 85.4 Å². The third kappa shape index (κ3) is 7.83. The summed E-state index contributed by atoms with van der Waals surface area (Å²) in [6, 6.07) is 0. The summed E-state index contributed by atoms with van der Waals surface area (Å²) in [5.41, 5.74) is 0. The van der Waals surface area contributed by atoms with E-state index < -0.39 is 18.4 Å². The summed E-state index contributed by atoms with van der Waals surface area (Å²) in [7, 11) is 0. The molecule has 23 heavy (non-hydrogen) atoms. The average molecular weight is 428 g/mol. The predicted molar refractivity (Wildman–Crippen MR) is 100.0 cm³/mol. The SMILES string of the molecule is CCC[CH2][Sn]([C]#COC(=O)N1CCCC1)([CH2]CCC)[CH2]CCC. The summed E-state index contributed by atoms with van der Waals surface area (Å²) in [6.07, 6.45) is 12.4. The zero-order valence-electron chi connectivity index (χ0n) is 15.5. The minimum atomic E-state index is -2.47. The van der Waals surface area contributed by atoms with Gasteiger partial charge in [0, 0.05) is 0 Å². The molecule has 3 nitrogen and oxygen atoms in total. The Balaban J connectivity index is 2.71. The van der Waals surface area contributed by atoms with E-state index in [9.17, 15) is 4.79 Å². The van der Waals surface area contributed by atoms with E-state index in [1.807, 2.05) is 0 Å². The van der Waals surface area contributed by atoms with Crippen molar-refractivity contribution >= 4 is 24.5 Å².